The number of hydrogen-bond acceptors (Lipinski definition) is 7. The zero-order valence-corrected chi connectivity index (χ0v) is 25.5. The van der Waals surface area contributed by atoms with E-state index in [2.05, 4.69) is 9.47 Å². The van der Waals surface area contributed by atoms with E-state index in [4.69, 9.17) is 0 Å². The number of hydrogen-bond donors (Lipinski definition) is 0. The van der Waals surface area contributed by atoms with E-state index < -0.39 is 120 Å². The predicted molar refractivity (Wildman–Crippen MR) is 101 cm³/mol. The minimum absolute atomic E-state index is 0. The molecule has 0 bridgehead atoms. The smallest absolute Gasteiger partial charge is 0.747 e. The fourth-order valence-corrected chi connectivity index (χ4v) is 3.67. The van der Waals surface area contributed by atoms with Crippen molar-refractivity contribution in [2.45, 2.75) is 84.2 Å². The topological polar surface area (TPSA) is 110 Å². The van der Waals surface area contributed by atoms with E-state index in [-0.39, 0.29) is 29.6 Å². The van der Waals surface area contributed by atoms with Crippen molar-refractivity contribution in [1.82, 2.24) is 0 Å². The zero-order chi connectivity index (χ0) is 39.2. The minimum atomic E-state index is -7.98. The molecule has 0 rings (SSSR count). The van der Waals surface area contributed by atoms with Crippen molar-refractivity contribution in [3.05, 3.63) is 0 Å². The van der Waals surface area contributed by atoms with Crippen LogP contribution in [0.15, 0.2) is 0 Å². The van der Waals surface area contributed by atoms with Gasteiger partial charge in [0, 0.05) is 0 Å². The molecule has 0 aliphatic carbocycles. The van der Waals surface area contributed by atoms with Crippen molar-refractivity contribution >= 4 is 22.1 Å². The largest absolute Gasteiger partial charge is 1.00 e. The minimum Gasteiger partial charge on any atom is -0.747 e. The number of carbonyl (C=O) groups excluding carboxylic acids is 2. The Labute approximate surface area is 277 Å². The average Bonchev–Trinajstić information content (AvgIpc) is 2.81. The third kappa shape index (κ3) is 9.41. The third-order valence-corrected chi connectivity index (χ3v) is 6.71. The molecule has 1 atom stereocenters. The van der Waals surface area contributed by atoms with Gasteiger partial charge in [0.1, 0.15) is 10.1 Å². The van der Waals surface area contributed by atoms with Crippen molar-refractivity contribution in [3.63, 3.8) is 0 Å². The van der Waals surface area contributed by atoms with Crippen LogP contribution >= 0.6 is 0 Å². The Balaban J connectivity index is 0. The molecule has 0 heterocycles. The van der Waals surface area contributed by atoms with Gasteiger partial charge in [-0.1, -0.05) is 0 Å². The summed E-state index contributed by atoms with van der Waals surface area (Å²) < 4.78 is 326. The molecule has 0 aliphatic heterocycles. The maximum absolute atomic E-state index is 13.7. The van der Waals surface area contributed by atoms with Gasteiger partial charge < -0.3 is 14.0 Å². The van der Waals surface area contributed by atoms with Gasteiger partial charge in [0.05, 0.1) is 32.5 Å². The summed E-state index contributed by atoms with van der Waals surface area (Å²) in [4.78, 5) is 23.2. The Kier molecular flexibility index (Phi) is 14.9. The van der Waals surface area contributed by atoms with Crippen LogP contribution in [-0.4, -0.2) is 103 Å². The molecule has 0 saturated carbocycles. The number of alkyl halides is 22. The molecule has 0 radical (unpaired) electrons. The van der Waals surface area contributed by atoms with Gasteiger partial charge in [-0.2, -0.15) is 87.8 Å². The number of halogens is 22. The summed E-state index contributed by atoms with van der Waals surface area (Å²) >= 11 is 0. The molecule has 31 heteroatoms. The van der Waals surface area contributed by atoms with E-state index in [1.807, 2.05) is 0 Å². The molecule has 1 unspecified atom stereocenters. The first kappa shape index (κ1) is 49.4. The Morgan fingerprint density at radius 3 is 1.04 bits per heavy atom. The maximum atomic E-state index is 13.7. The fraction of sp³-hybridized carbons (Fsp3) is 0.889. The Hall–Kier alpha value is -1.69. The first-order valence-corrected chi connectivity index (χ1v) is 12.5. The maximum Gasteiger partial charge on any atom is 1.00 e. The van der Waals surface area contributed by atoms with Gasteiger partial charge in [0.15, 0.2) is 5.25 Å². The van der Waals surface area contributed by atoms with Crippen molar-refractivity contribution in [1.29, 1.82) is 0 Å². The Bertz CT molecular complexity index is 1240. The van der Waals surface area contributed by atoms with Gasteiger partial charge in [-0.05, 0) is 0 Å². The van der Waals surface area contributed by atoms with Crippen LogP contribution in [0.25, 0.3) is 0 Å². The van der Waals surface area contributed by atoms with E-state index in [0.717, 1.165) is 0 Å². The molecular weight excluding hydrogens is 801 g/mol. The van der Waals surface area contributed by atoms with Crippen molar-refractivity contribution in [2.75, 3.05) is 13.2 Å². The van der Waals surface area contributed by atoms with Gasteiger partial charge in [-0.3, -0.25) is 9.59 Å². The summed E-state index contributed by atoms with van der Waals surface area (Å²) in [5.41, 5.74) is -15.9. The van der Waals surface area contributed by atoms with Crippen molar-refractivity contribution < 1.29 is 158 Å². The van der Waals surface area contributed by atoms with Crippen LogP contribution in [0.1, 0.15) is 19.3 Å². The van der Waals surface area contributed by atoms with Crippen LogP contribution in [0, 0.1) is 0 Å². The molecule has 0 spiro atoms. The van der Waals surface area contributed by atoms with E-state index in [1.165, 1.54) is 0 Å². The molecule has 0 aromatic carbocycles. The summed E-state index contributed by atoms with van der Waals surface area (Å²) in [7, 11) is -6.43. The average molecular weight is 812 g/mol. The molecule has 0 aliphatic rings. The first-order chi connectivity index (χ1) is 20.6. The SMILES string of the molecule is O=C(CC(C(=O)OCCC(F)(F)C(F)(F)C(F)(C(F)(F)F)C(F)(F)F)S(=O)(=O)[O-])OCCC(F)(F)C(F)(F)C(F)(C(F)(F)F)C(F)(F)F.[Na+]. The quantitative estimate of drug-likeness (QED) is 0.115. The van der Waals surface area contributed by atoms with Crippen molar-refractivity contribution in [2.24, 2.45) is 0 Å². The predicted octanol–water partition coefficient (Wildman–Crippen LogP) is 3.37. The second-order valence-corrected chi connectivity index (χ2v) is 10.5. The van der Waals surface area contributed by atoms with Crippen LogP contribution < -0.4 is 29.6 Å². The van der Waals surface area contributed by atoms with Gasteiger partial charge in [0.25, 0.3) is 0 Å². The summed E-state index contributed by atoms with van der Waals surface area (Å²) in [6.07, 6.45) is -39.9. The number of esters is 2. The molecule has 0 amide bonds. The fourth-order valence-electron chi connectivity index (χ4n) is 3.03. The molecule has 286 valence electrons. The standard InChI is InChI=1S/C18H12F22O7S.Na/c19-9(20,13(25,26)11(23,15(29,30)31)16(32,33)34)1-3-46-7(41)5-6(48(43,44)45)8(42)47-4-2-10(21,22)14(27,28)12(24,17(35,36)37)18(38,39)40;/h6H,1-5H2,(H,43,44,45);/q;+1/p-1. The molecule has 0 saturated heterocycles. The van der Waals surface area contributed by atoms with Crippen LogP contribution in [0.4, 0.5) is 96.6 Å². The Morgan fingerprint density at radius 2 is 0.796 bits per heavy atom. The van der Waals surface area contributed by atoms with E-state index in [1.54, 1.807) is 0 Å². The van der Waals surface area contributed by atoms with Crippen molar-refractivity contribution in [3.8, 4) is 0 Å². The Morgan fingerprint density at radius 1 is 0.531 bits per heavy atom. The summed E-state index contributed by atoms with van der Waals surface area (Å²) in [6, 6.07) is 0. The normalized spacial score (nSPS) is 15.7. The number of carbonyl (C=O) groups is 2. The summed E-state index contributed by atoms with van der Waals surface area (Å²) in [5, 5.41) is -3.72. The van der Waals surface area contributed by atoms with Crippen LogP contribution in [0.2, 0.25) is 0 Å². The van der Waals surface area contributed by atoms with Crippen LogP contribution in [0.5, 0.6) is 0 Å². The van der Waals surface area contributed by atoms with Crippen LogP contribution in [-0.2, 0) is 29.2 Å². The molecule has 0 aromatic heterocycles. The van der Waals surface area contributed by atoms with E-state index >= 15 is 0 Å². The van der Waals surface area contributed by atoms with Gasteiger partial charge >= 0.3 is 101 Å². The second kappa shape index (κ2) is 14.7. The van der Waals surface area contributed by atoms with Gasteiger partial charge in [-0.25, -0.2) is 17.2 Å². The second-order valence-electron chi connectivity index (χ2n) is 8.94. The zero-order valence-electron chi connectivity index (χ0n) is 22.7. The summed E-state index contributed by atoms with van der Waals surface area (Å²) in [6.45, 7) is -5.11. The molecule has 49 heavy (non-hydrogen) atoms. The first-order valence-electron chi connectivity index (χ1n) is 11.0. The van der Waals surface area contributed by atoms with Gasteiger partial charge in [0.2, 0.25) is 0 Å². The number of rotatable bonds is 14. The summed E-state index contributed by atoms with van der Waals surface area (Å²) in [5.74, 6) is -34.5. The molecule has 0 fully saturated rings. The van der Waals surface area contributed by atoms with E-state index in [0.29, 0.717) is 0 Å². The monoisotopic (exact) mass is 812 g/mol. The molecule has 0 aromatic rings. The van der Waals surface area contributed by atoms with E-state index in [9.17, 15) is 119 Å². The molecular formula is C18H11F22NaO7S. The number of ether oxygens (including phenoxy) is 2. The molecule has 0 N–H and O–H groups in total. The molecule has 7 nitrogen and oxygen atoms in total. The van der Waals surface area contributed by atoms with Crippen LogP contribution in [0.3, 0.4) is 0 Å². The third-order valence-electron chi connectivity index (χ3n) is 5.65. The van der Waals surface area contributed by atoms with Gasteiger partial charge in [-0.15, -0.1) is 0 Å².